The second kappa shape index (κ2) is 10.4. The average Bonchev–Trinajstić information content (AvgIpc) is 2.45. The lowest BCUT2D eigenvalue weighted by atomic mass is 10.4. The third-order valence-corrected chi connectivity index (χ3v) is 2.38. The van der Waals surface area contributed by atoms with Gasteiger partial charge in [0.2, 0.25) is 5.88 Å². The van der Waals surface area contributed by atoms with Crippen LogP contribution in [0, 0.1) is 0 Å². The Hall–Kier alpha value is -1.44. The molecule has 0 aliphatic rings. The molecule has 7 nitrogen and oxygen atoms in total. The van der Waals surface area contributed by atoms with Gasteiger partial charge in [0.1, 0.15) is 12.4 Å². The lowest BCUT2D eigenvalue weighted by Gasteiger charge is -2.07. The lowest BCUT2D eigenvalue weighted by Crippen LogP contribution is -2.15. The smallest absolute Gasteiger partial charge is 0.254 e. The molecule has 0 fully saturated rings. The number of H-pyrrole nitrogens is 1. The lowest BCUT2D eigenvalue weighted by molar-refractivity contribution is 0.0176. The first-order valence-corrected chi connectivity index (χ1v) is 6.63. The van der Waals surface area contributed by atoms with E-state index in [1.165, 1.54) is 6.07 Å². The topological polar surface area (TPSA) is 82.7 Å². The first kappa shape index (κ1) is 16.6. The van der Waals surface area contributed by atoms with E-state index in [4.69, 9.17) is 18.9 Å². The second-order valence-electron chi connectivity index (χ2n) is 3.95. The van der Waals surface area contributed by atoms with Gasteiger partial charge in [0, 0.05) is 13.5 Å². The van der Waals surface area contributed by atoms with Crippen LogP contribution in [0.1, 0.15) is 12.7 Å². The maximum Gasteiger partial charge on any atom is 0.254 e. The minimum absolute atomic E-state index is 0.209. The predicted molar refractivity (Wildman–Crippen MR) is 73.2 cm³/mol. The molecule has 1 rings (SSSR count). The molecule has 7 heteroatoms. The summed E-state index contributed by atoms with van der Waals surface area (Å²) in [4.78, 5) is 18.1. The Kier molecular flexibility index (Phi) is 8.61. The van der Waals surface area contributed by atoms with Crippen LogP contribution >= 0.6 is 0 Å². The van der Waals surface area contributed by atoms with Crippen LogP contribution in [-0.2, 0) is 20.6 Å². The summed E-state index contributed by atoms with van der Waals surface area (Å²) in [6.07, 6.45) is 0.655. The summed E-state index contributed by atoms with van der Waals surface area (Å²) in [7, 11) is 1.63. The maximum absolute atomic E-state index is 11.3. The van der Waals surface area contributed by atoms with Crippen LogP contribution in [0.15, 0.2) is 10.9 Å². The number of aryl methyl sites for hydroxylation is 1. The highest BCUT2D eigenvalue weighted by atomic mass is 16.6. The number of hydrogen-bond acceptors (Lipinski definition) is 6. The Morgan fingerprint density at radius 3 is 2.40 bits per heavy atom. The van der Waals surface area contributed by atoms with E-state index in [9.17, 15) is 4.79 Å². The minimum Gasteiger partial charge on any atom is -0.475 e. The van der Waals surface area contributed by atoms with Crippen LogP contribution in [0.4, 0.5) is 0 Å². The Bertz CT molecular complexity index is 421. The van der Waals surface area contributed by atoms with Gasteiger partial charge in [-0.15, -0.1) is 0 Å². The van der Waals surface area contributed by atoms with Crippen molar-refractivity contribution in [3.63, 3.8) is 0 Å². The van der Waals surface area contributed by atoms with E-state index >= 15 is 0 Å². The number of hydrogen-bond donors (Lipinski definition) is 1. The van der Waals surface area contributed by atoms with E-state index in [0.29, 0.717) is 57.8 Å². The molecular formula is C13H22N2O5. The second-order valence-corrected chi connectivity index (χ2v) is 3.95. The fraction of sp³-hybridized carbons (Fsp3) is 0.692. The standard InChI is InChI=1S/C13H22N2O5/c1-3-11-14-12(16)10-13(15-11)20-9-8-19-7-6-18-5-4-17-2/h10H,3-9H2,1-2H3,(H,14,15,16). The molecule has 0 aliphatic heterocycles. The van der Waals surface area contributed by atoms with E-state index in [-0.39, 0.29) is 5.56 Å². The van der Waals surface area contributed by atoms with Crippen molar-refractivity contribution in [3.05, 3.63) is 22.2 Å². The maximum atomic E-state index is 11.3. The number of rotatable bonds is 11. The van der Waals surface area contributed by atoms with Crippen molar-refractivity contribution in [2.75, 3.05) is 46.8 Å². The fourth-order valence-corrected chi connectivity index (χ4v) is 1.39. The zero-order chi connectivity index (χ0) is 14.6. The molecule has 0 aliphatic carbocycles. The van der Waals surface area contributed by atoms with Gasteiger partial charge in [-0.05, 0) is 0 Å². The third-order valence-electron chi connectivity index (χ3n) is 2.38. The summed E-state index contributed by atoms with van der Waals surface area (Å²) in [5.74, 6) is 0.936. The van der Waals surface area contributed by atoms with Crippen molar-refractivity contribution in [1.82, 2.24) is 9.97 Å². The Balaban J connectivity index is 2.09. The van der Waals surface area contributed by atoms with Crippen LogP contribution in [0.25, 0.3) is 0 Å². The van der Waals surface area contributed by atoms with Gasteiger partial charge in [0.05, 0.1) is 39.1 Å². The first-order valence-electron chi connectivity index (χ1n) is 6.63. The highest BCUT2D eigenvalue weighted by Crippen LogP contribution is 2.02. The Labute approximate surface area is 118 Å². The largest absolute Gasteiger partial charge is 0.475 e. The molecule has 1 aromatic heterocycles. The summed E-state index contributed by atoms with van der Waals surface area (Å²) in [5.41, 5.74) is -0.209. The zero-order valence-electron chi connectivity index (χ0n) is 12.0. The van der Waals surface area contributed by atoms with Crippen molar-refractivity contribution in [3.8, 4) is 5.88 Å². The summed E-state index contributed by atoms with van der Waals surface area (Å²) >= 11 is 0. The van der Waals surface area contributed by atoms with Gasteiger partial charge in [-0.1, -0.05) is 6.92 Å². The number of nitrogens with one attached hydrogen (secondary N) is 1. The number of nitrogens with zero attached hydrogens (tertiary/aromatic N) is 1. The van der Waals surface area contributed by atoms with Crippen molar-refractivity contribution in [1.29, 1.82) is 0 Å². The highest BCUT2D eigenvalue weighted by Gasteiger charge is 2.00. The van der Waals surface area contributed by atoms with Gasteiger partial charge >= 0.3 is 0 Å². The highest BCUT2D eigenvalue weighted by molar-refractivity contribution is 5.08. The first-order chi connectivity index (χ1) is 9.76. The molecule has 0 spiro atoms. The molecule has 1 N–H and O–H groups in total. The SMILES string of the molecule is CCc1nc(OCCOCCOCCOC)cc(=O)[nH]1. The van der Waals surface area contributed by atoms with E-state index in [0.717, 1.165) is 0 Å². The van der Waals surface area contributed by atoms with Gasteiger partial charge < -0.3 is 23.9 Å². The normalized spacial score (nSPS) is 10.7. The summed E-state index contributed by atoms with van der Waals surface area (Å²) in [6, 6.07) is 1.33. The van der Waals surface area contributed by atoms with E-state index in [1.807, 2.05) is 6.92 Å². The number of methoxy groups -OCH3 is 1. The Morgan fingerprint density at radius 1 is 1.10 bits per heavy atom. The van der Waals surface area contributed by atoms with Crippen LogP contribution in [0.3, 0.4) is 0 Å². The van der Waals surface area contributed by atoms with Crippen molar-refractivity contribution in [2.45, 2.75) is 13.3 Å². The van der Waals surface area contributed by atoms with Crippen molar-refractivity contribution in [2.24, 2.45) is 0 Å². The minimum atomic E-state index is -0.209. The quantitative estimate of drug-likeness (QED) is 0.593. The average molecular weight is 286 g/mol. The molecule has 0 radical (unpaired) electrons. The van der Waals surface area contributed by atoms with Crippen LogP contribution in [-0.4, -0.2) is 56.7 Å². The fourth-order valence-electron chi connectivity index (χ4n) is 1.39. The summed E-state index contributed by atoms with van der Waals surface area (Å²) in [6.45, 7) is 4.84. The number of aromatic nitrogens is 2. The van der Waals surface area contributed by atoms with Crippen LogP contribution in [0.5, 0.6) is 5.88 Å². The molecule has 1 aromatic rings. The van der Waals surface area contributed by atoms with Gasteiger partial charge in [-0.2, -0.15) is 0 Å². The summed E-state index contributed by atoms with van der Waals surface area (Å²) < 4.78 is 20.8. The third kappa shape index (κ3) is 7.22. The predicted octanol–water partition coefficient (Wildman–Crippen LogP) is 0.391. The molecule has 0 saturated heterocycles. The molecule has 20 heavy (non-hydrogen) atoms. The summed E-state index contributed by atoms with van der Waals surface area (Å²) in [5, 5.41) is 0. The van der Waals surface area contributed by atoms with Crippen molar-refractivity contribution >= 4 is 0 Å². The zero-order valence-corrected chi connectivity index (χ0v) is 12.0. The number of ether oxygens (including phenoxy) is 4. The van der Waals surface area contributed by atoms with E-state index in [1.54, 1.807) is 7.11 Å². The van der Waals surface area contributed by atoms with Gasteiger partial charge in [0.25, 0.3) is 5.56 Å². The molecule has 0 bridgehead atoms. The molecule has 0 amide bonds. The van der Waals surface area contributed by atoms with Crippen LogP contribution in [0.2, 0.25) is 0 Å². The molecule has 0 unspecified atom stereocenters. The van der Waals surface area contributed by atoms with Crippen molar-refractivity contribution < 1.29 is 18.9 Å². The van der Waals surface area contributed by atoms with Gasteiger partial charge in [0.15, 0.2) is 0 Å². The molecule has 114 valence electrons. The van der Waals surface area contributed by atoms with E-state index < -0.39 is 0 Å². The monoisotopic (exact) mass is 286 g/mol. The van der Waals surface area contributed by atoms with E-state index in [2.05, 4.69) is 9.97 Å². The molecule has 0 aromatic carbocycles. The van der Waals surface area contributed by atoms with Gasteiger partial charge in [-0.25, -0.2) is 4.98 Å². The number of aromatic amines is 1. The molecule has 0 atom stereocenters. The molecular weight excluding hydrogens is 264 g/mol. The van der Waals surface area contributed by atoms with Crippen LogP contribution < -0.4 is 10.3 Å². The van der Waals surface area contributed by atoms with Gasteiger partial charge in [-0.3, -0.25) is 4.79 Å². The molecule has 1 heterocycles. The Morgan fingerprint density at radius 2 is 1.75 bits per heavy atom. The molecule has 0 saturated carbocycles.